The molecule has 15 heavy (non-hydrogen) atoms. The molecule has 0 N–H and O–H groups in total. The van der Waals surface area contributed by atoms with Crippen LogP contribution in [0.3, 0.4) is 0 Å². The zero-order chi connectivity index (χ0) is 10.9. The van der Waals surface area contributed by atoms with Crippen LogP contribution < -0.4 is 4.90 Å². The van der Waals surface area contributed by atoms with Gasteiger partial charge in [-0.1, -0.05) is 31.5 Å². The molecule has 0 aromatic carbocycles. The Morgan fingerprint density at radius 1 is 1.40 bits per heavy atom. The third-order valence-electron chi connectivity index (χ3n) is 2.92. The Morgan fingerprint density at radius 3 is 2.87 bits per heavy atom. The Morgan fingerprint density at radius 2 is 2.20 bits per heavy atom. The van der Waals surface area contributed by atoms with E-state index in [1.54, 1.807) is 0 Å². The molecule has 3 heteroatoms. The zero-order valence-corrected chi connectivity index (χ0v) is 10.1. The minimum absolute atomic E-state index is 0.391. The molecule has 0 atom stereocenters. The van der Waals surface area contributed by atoms with Crippen molar-refractivity contribution < 1.29 is 0 Å². The molecule has 1 aliphatic heterocycles. The van der Waals surface area contributed by atoms with Gasteiger partial charge in [-0.3, -0.25) is 0 Å². The van der Waals surface area contributed by atoms with E-state index >= 15 is 0 Å². The number of pyridine rings is 1. The van der Waals surface area contributed by atoms with Crippen molar-refractivity contribution in [2.75, 3.05) is 18.0 Å². The molecule has 0 radical (unpaired) electrons. The van der Waals surface area contributed by atoms with Gasteiger partial charge < -0.3 is 4.90 Å². The van der Waals surface area contributed by atoms with Gasteiger partial charge in [-0.05, 0) is 30.4 Å². The summed E-state index contributed by atoms with van der Waals surface area (Å²) in [5, 5.41) is 0.580. The number of aromatic nitrogens is 1. The first-order chi connectivity index (χ1) is 7.07. The van der Waals surface area contributed by atoms with Crippen molar-refractivity contribution in [3.63, 3.8) is 0 Å². The first-order valence-electron chi connectivity index (χ1n) is 5.44. The summed E-state index contributed by atoms with van der Waals surface area (Å²) in [6, 6.07) is 5.82. The van der Waals surface area contributed by atoms with Gasteiger partial charge >= 0.3 is 0 Å². The fourth-order valence-electron chi connectivity index (χ4n) is 2.19. The smallest absolute Gasteiger partial charge is 0.131 e. The van der Waals surface area contributed by atoms with Crippen molar-refractivity contribution in [1.82, 2.24) is 4.98 Å². The van der Waals surface area contributed by atoms with E-state index < -0.39 is 0 Å². The van der Waals surface area contributed by atoms with Gasteiger partial charge in [0, 0.05) is 13.1 Å². The van der Waals surface area contributed by atoms with Gasteiger partial charge in [-0.15, -0.1) is 0 Å². The Balaban J connectivity index is 2.17. The first kappa shape index (κ1) is 10.7. The highest BCUT2D eigenvalue weighted by Crippen LogP contribution is 2.30. The van der Waals surface area contributed by atoms with E-state index in [1.807, 2.05) is 18.2 Å². The number of hydrogen-bond acceptors (Lipinski definition) is 2. The Labute approximate surface area is 96.3 Å². The lowest BCUT2D eigenvalue weighted by Gasteiger charge is -2.38. The molecule has 1 aromatic heterocycles. The number of piperidine rings is 1. The molecule has 0 aliphatic carbocycles. The predicted molar refractivity (Wildman–Crippen MR) is 64.5 cm³/mol. The fourth-order valence-corrected chi connectivity index (χ4v) is 2.35. The third-order valence-corrected chi connectivity index (χ3v) is 3.14. The molecule has 2 heterocycles. The largest absolute Gasteiger partial charge is 0.356 e. The molecule has 0 amide bonds. The summed E-state index contributed by atoms with van der Waals surface area (Å²) in [7, 11) is 0. The Kier molecular flexibility index (Phi) is 2.87. The summed E-state index contributed by atoms with van der Waals surface area (Å²) in [6.45, 7) is 6.78. The van der Waals surface area contributed by atoms with E-state index in [2.05, 4.69) is 23.7 Å². The van der Waals surface area contributed by atoms with E-state index in [-0.39, 0.29) is 0 Å². The lowest BCUT2D eigenvalue weighted by Crippen LogP contribution is -2.40. The maximum atomic E-state index is 5.90. The molecule has 1 aromatic rings. The minimum atomic E-state index is 0.391. The predicted octanol–water partition coefficient (Wildman–Crippen LogP) is 3.36. The maximum Gasteiger partial charge on any atom is 0.131 e. The quantitative estimate of drug-likeness (QED) is 0.680. The molecular formula is C12H17ClN2. The van der Waals surface area contributed by atoms with E-state index in [9.17, 15) is 0 Å². The number of rotatable bonds is 1. The van der Waals surface area contributed by atoms with Crippen molar-refractivity contribution >= 4 is 17.4 Å². The minimum Gasteiger partial charge on any atom is -0.356 e. The Hall–Kier alpha value is -0.760. The monoisotopic (exact) mass is 224 g/mol. The molecule has 1 fully saturated rings. The van der Waals surface area contributed by atoms with Gasteiger partial charge in [-0.2, -0.15) is 0 Å². The SMILES string of the molecule is CC1(C)CCCN(c2cccc(Cl)n2)C1. The molecule has 82 valence electrons. The summed E-state index contributed by atoms with van der Waals surface area (Å²) in [4.78, 5) is 6.68. The Bertz CT molecular complexity index is 349. The number of anilines is 1. The highest BCUT2D eigenvalue weighted by Gasteiger charge is 2.26. The average molecular weight is 225 g/mol. The number of nitrogens with zero attached hydrogens (tertiary/aromatic N) is 2. The molecular weight excluding hydrogens is 208 g/mol. The molecule has 2 nitrogen and oxygen atoms in total. The van der Waals surface area contributed by atoms with Crippen LogP contribution in [0.25, 0.3) is 0 Å². The second-order valence-electron chi connectivity index (χ2n) is 5.01. The number of hydrogen-bond donors (Lipinski definition) is 0. The van der Waals surface area contributed by atoms with Gasteiger partial charge in [0.1, 0.15) is 11.0 Å². The molecule has 0 unspecified atom stereocenters. The molecule has 0 spiro atoms. The standard InChI is InChI=1S/C12H17ClN2/c1-12(2)7-4-8-15(9-12)11-6-3-5-10(13)14-11/h3,5-6H,4,7-9H2,1-2H3. The third kappa shape index (κ3) is 2.63. The normalized spacial score (nSPS) is 20.3. The highest BCUT2D eigenvalue weighted by molar-refractivity contribution is 6.29. The van der Waals surface area contributed by atoms with Crippen LogP contribution in [0.4, 0.5) is 5.82 Å². The van der Waals surface area contributed by atoms with Crippen LogP contribution in [-0.2, 0) is 0 Å². The fraction of sp³-hybridized carbons (Fsp3) is 0.583. The molecule has 0 bridgehead atoms. The molecule has 1 saturated heterocycles. The van der Waals surface area contributed by atoms with Crippen molar-refractivity contribution in [3.05, 3.63) is 23.4 Å². The van der Waals surface area contributed by atoms with Crippen molar-refractivity contribution in [3.8, 4) is 0 Å². The van der Waals surface area contributed by atoms with Crippen LogP contribution in [0.15, 0.2) is 18.2 Å². The van der Waals surface area contributed by atoms with Gasteiger partial charge in [0.05, 0.1) is 0 Å². The van der Waals surface area contributed by atoms with Crippen molar-refractivity contribution in [1.29, 1.82) is 0 Å². The van der Waals surface area contributed by atoms with E-state index in [0.717, 1.165) is 18.9 Å². The molecule has 1 aliphatic rings. The first-order valence-corrected chi connectivity index (χ1v) is 5.82. The second-order valence-corrected chi connectivity index (χ2v) is 5.40. The van der Waals surface area contributed by atoms with E-state index in [4.69, 9.17) is 11.6 Å². The van der Waals surface area contributed by atoms with Crippen LogP contribution in [-0.4, -0.2) is 18.1 Å². The van der Waals surface area contributed by atoms with Gasteiger partial charge in [0.25, 0.3) is 0 Å². The van der Waals surface area contributed by atoms with Crippen LogP contribution >= 0.6 is 11.6 Å². The number of halogens is 1. The van der Waals surface area contributed by atoms with Gasteiger partial charge in [0.2, 0.25) is 0 Å². The second kappa shape index (κ2) is 4.01. The molecule has 2 rings (SSSR count). The zero-order valence-electron chi connectivity index (χ0n) is 9.33. The summed E-state index contributed by atoms with van der Waals surface area (Å²) in [5.41, 5.74) is 0.391. The van der Waals surface area contributed by atoms with Crippen molar-refractivity contribution in [2.45, 2.75) is 26.7 Å². The summed E-state index contributed by atoms with van der Waals surface area (Å²) < 4.78 is 0. The topological polar surface area (TPSA) is 16.1 Å². The summed E-state index contributed by atoms with van der Waals surface area (Å²) >= 11 is 5.90. The van der Waals surface area contributed by atoms with E-state index in [1.165, 1.54) is 12.8 Å². The van der Waals surface area contributed by atoms with Crippen LogP contribution in [0.1, 0.15) is 26.7 Å². The summed E-state index contributed by atoms with van der Waals surface area (Å²) in [5.74, 6) is 1.01. The summed E-state index contributed by atoms with van der Waals surface area (Å²) in [6.07, 6.45) is 2.53. The molecule has 0 saturated carbocycles. The van der Waals surface area contributed by atoms with Crippen LogP contribution in [0.5, 0.6) is 0 Å². The van der Waals surface area contributed by atoms with Gasteiger partial charge in [0.15, 0.2) is 0 Å². The van der Waals surface area contributed by atoms with Crippen molar-refractivity contribution in [2.24, 2.45) is 5.41 Å². The van der Waals surface area contributed by atoms with E-state index in [0.29, 0.717) is 10.6 Å². The lowest BCUT2D eigenvalue weighted by molar-refractivity contribution is 0.292. The van der Waals surface area contributed by atoms with Crippen LogP contribution in [0.2, 0.25) is 5.15 Å². The maximum absolute atomic E-state index is 5.90. The average Bonchev–Trinajstić information content (AvgIpc) is 2.16. The lowest BCUT2D eigenvalue weighted by atomic mass is 9.84. The van der Waals surface area contributed by atoms with Crippen LogP contribution in [0, 0.1) is 5.41 Å². The van der Waals surface area contributed by atoms with Gasteiger partial charge in [-0.25, -0.2) is 4.98 Å². The highest BCUT2D eigenvalue weighted by atomic mass is 35.5.